The van der Waals surface area contributed by atoms with Crippen molar-refractivity contribution in [3.63, 3.8) is 0 Å². The number of anilines is 1. The van der Waals surface area contributed by atoms with Crippen LogP contribution in [0, 0.1) is 6.92 Å². The fraction of sp³-hybridized carbons (Fsp3) is 0.429. The van der Waals surface area contributed by atoms with Crippen molar-refractivity contribution < 1.29 is 4.52 Å². The minimum atomic E-state index is 0.133. The maximum atomic E-state index is 5.12. The lowest BCUT2D eigenvalue weighted by atomic mass is 9.88. The molecule has 0 fully saturated rings. The lowest BCUT2D eigenvalue weighted by Crippen LogP contribution is -2.11. The Bertz CT molecular complexity index is 509. The molecule has 4 nitrogen and oxygen atoms in total. The van der Waals surface area contributed by atoms with Crippen molar-refractivity contribution in [3.8, 4) is 0 Å². The summed E-state index contributed by atoms with van der Waals surface area (Å²) >= 11 is 0. The number of hydrogen-bond donors (Lipinski definition) is 1. The Morgan fingerprint density at radius 3 is 2.56 bits per heavy atom. The molecule has 0 aromatic carbocycles. The topological polar surface area (TPSA) is 51.0 Å². The van der Waals surface area contributed by atoms with Crippen molar-refractivity contribution in [2.75, 3.05) is 5.32 Å². The lowest BCUT2D eigenvalue weighted by Gasteiger charge is -2.18. The number of hydrogen-bond acceptors (Lipinski definition) is 4. The summed E-state index contributed by atoms with van der Waals surface area (Å²) in [6.07, 6.45) is 1.91. The molecule has 0 saturated carbocycles. The van der Waals surface area contributed by atoms with Crippen LogP contribution in [0.2, 0.25) is 0 Å². The van der Waals surface area contributed by atoms with Crippen molar-refractivity contribution in [3.05, 3.63) is 41.4 Å². The average Bonchev–Trinajstić information content (AvgIpc) is 2.72. The first-order valence-corrected chi connectivity index (χ1v) is 6.08. The zero-order chi connectivity index (χ0) is 13.2. The maximum Gasteiger partial charge on any atom is 0.156 e. The van der Waals surface area contributed by atoms with Crippen LogP contribution >= 0.6 is 0 Å². The maximum absolute atomic E-state index is 5.12. The third-order valence-corrected chi connectivity index (χ3v) is 2.75. The van der Waals surface area contributed by atoms with Crippen molar-refractivity contribution in [1.29, 1.82) is 0 Å². The normalized spacial score (nSPS) is 11.6. The highest BCUT2D eigenvalue weighted by Crippen LogP contribution is 2.22. The Balaban J connectivity index is 1.98. The molecule has 2 aromatic rings. The summed E-state index contributed by atoms with van der Waals surface area (Å²) < 4.78 is 5.12. The van der Waals surface area contributed by atoms with E-state index < -0.39 is 0 Å². The molecule has 18 heavy (non-hydrogen) atoms. The van der Waals surface area contributed by atoms with Crippen LogP contribution < -0.4 is 5.32 Å². The summed E-state index contributed by atoms with van der Waals surface area (Å²) in [5.74, 6) is 1.66. The predicted molar refractivity (Wildman–Crippen MR) is 71.5 cm³/mol. The smallest absolute Gasteiger partial charge is 0.156 e. The highest BCUT2D eigenvalue weighted by molar-refractivity contribution is 5.37. The van der Waals surface area contributed by atoms with Gasteiger partial charge in [-0.15, -0.1) is 0 Å². The number of rotatable bonds is 3. The molecule has 0 amide bonds. The fourth-order valence-electron chi connectivity index (χ4n) is 1.62. The van der Waals surface area contributed by atoms with Gasteiger partial charge in [-0.25, -0.2) is 4.98 Å². The quantitative estimate of drug-likeness (QED) is 0.901. The number of nitrogens with zero attached hydrogens (tertiary/aromatic N) is 2. The second kappa shape index (κ2) is 4.80. The summed E-state index contributed by atoms with van der Waals surface area (Å²) in [5.41, 5.74) is 2.25. The molecule has 0 bridgehead atoms. The van der Waals surface area contributed by atoms with E-state index in [0.29, 0.717) is 6.54 Å². The van der Waals surface area contributed by atoms with Crippen LogP contribution in [0.1, 0.15) is 37.8 Å². The first-order valence-electron chi connectivity index (χ1n) is 6.08. The van der Waals surface area contributed by atoms with Gasteiger partial charge >= 0.3 is 0 Å². The van der Waals surface area contributed by atoms with E-state index in [0.717, 1.165) is 17.3 Å². The Morgan fingerprint density at radius 1 is 1.28 bits per heavy atom. The first-order chi connectivity index (χ1) is 8.45. The van der Waals surface area contributed by atoms with Crippen LogP contribution in [0.5, 0.6) is 0 Å². The Kier molecular flexibility index (Phi) is 3.36. The molecule has 1 N–H and O–H groups in total. The van der Waals surface area contributed by atoms with Gasteiger partial charge in [0.25, 0.3) is 0 Å². The minimum Gasteiger partial charge on any atom is -0.363 e. The van der Waals surface area contributed by atoms with Gasteiger partial charge in [0.15, 0.2) is 5.76 Å². The largest absolute Gasteiger partial charge is 0.363 e. The van der Waals surface area contributed by atoms with Crippen LogP contribution in [-0.4, -0.2) is 10.1 Å². The fourth-order valence-corrected chi connectivity index (χ4v) is 1.62. The van der Waals surface area contributed by atoms with E-state index in [1.807, 2.05) is 25.3 Å². The molecule has 2 aromatic heterocycles. The molecule has 2 heterocycles. The summed E-state index contributed by atoms with van der Waals surface area (Å²) in [7, 11) is 0. The van der Waals surface area contributed by atoms with E-state index in [1.54, 1.807) is 0 Å². The van der Waals surface area contributed by atoms with Crippen molar-refractivity contribution >= 4 is 5.82 Å². The molecular weight excluding hydrogens is 226 g/mol. The zero-order valence-corrected chi connectivity index (χ0v) is 11.3. The van der Waals surface area contributed by atoms with Gasteiger partial charge in [-0.3, -0.25) is 0 Å². The van der Waals surface area contributed by atoms with E-state index >= 15 is 0 Å². The molecule has 0 aliphatic rings. The average molecular weight is 245 g/mol. The molecule has 4 heteroatoms. The van der Waals surface area contributed by atoms with Crippen LogP contribution in [0.15, 0.2) is 28.9 Å². The lowest BCUT2D eigenvalue weighted by molar-refractivity contribution is 0.384. The molecule has 0 atom stereocenters. The van der Waals surface area contributed by atoms with E-state index in [1.165, 1.54) is 5.56 Å². The third-order valence-electron chi connectivity index (χ3n) is 2.75. The summed E-state index contributed by atoms with van der Waals surface area (Å²) in [6.45, 7) is 9.03. The zero-order valence-electron chi connectivity index (χ0n) is 11.3. The van der Waals surface area contributed by atoms with Gasteiger partial charge in [-0.05, 0) is 24.0 Å². The number of nitrogens with one attached hydrogen (secondary N) is 1. The monoisotopic (exact) mass is 245 g/mol. The van der Waals surface area contributed by atoms with Gasteiger partial charge in [-0.1, -0.05) is 32.0 Å². The van der Waals surface area contributed by atoms with Crippen LogP contribution in [0.25, 0.3) is 0 Å². The van der Waals surface area contributed by atoms with Crippen molar-refractivity contribution in [1.82, 2.24) is 10.1 Å². The van der Waals surface area contributed by atoms with Crippen LogP contribution in [0.3, 0.4) is 0 Å². The molecule has 0 saturated heterocycles. The number of aromatic nitrogens is 2. The van der Waals surface area contributed by atoms with Crippen molar-refractivity contribution in [2.45, 2.75) is 39.7 Å². The van der Waals surface area contributed by atoms with Crippen LogP contribution in [-0.2, 0) is 12.0 Å². The van der Waals surface area contributed by atoms with Gasteiger partial charge < -0.3 is 9.84 Å². The molecule has 0 radical (unpaired) electrons. The molecule has 96 valence electrons. The predicted octanol–water partition coefficient (Wildman–Crippen LogP) is 3.29. The minimum absolute atomic E-state index is 0.133. The van der Waals surface area contributed by atoms with Crippen molar-refractivity contribution in [2.24, 2.45) is 0 Å². The van der Waals surface area contributed by atoms with Gasteiger partial charge in [0.05, 0.1) is 12.2 Å². The van der Waals surface area contributed by atoms with Gasteiger partial charge in [-0.2, -0.15) is 0 Å². The molecule has 0 aliphatic carbocycles. The summed E-state index contributed by atoms with van der Waals surface area (Å²) in [5, 5.41) is 7.05. The van der Waals surface area contributed by atoms with Crippen LogP contribution in [0.4, 0.5) is 5.82 Å². The van der Waals surface area contributed by atoms with Gasteiger partial charge in [0, 0.05) is 12.3 Å². The Labute approximate surface area is 107 Å². The highest BCUT2D eigenvalue weighted by atomic mass is 16.5. The second-order valence-electron chi connectivity index (χ2n) is 5.47. The van der Waals surface area contributed by atoms with E-state index in [9.17, 15) is 0 Å². The molecule has 2 rings (SSSR count). The molecule has 0 unspecified atom stereocenters. The van der Waals surface area contributed by atoms with E-state index in [2.05, 4.69) is 42.3 Å². The summed E-state index contributed by atoms with van der Waals surface area (Å²) in [4.78, 5) is 4.39. The molecule has 0 aliphatic heterocycles. The highest BCUT2D eigenvalue weighted by Gasteiger charge is 2.13. The van der Waals surface area contributed by atoms with E-state index in [-0.39, 0.29) is 5.41 Å². The summed E-state index contributed by atoms with van der Waals surface area (Å²) in [6, 6.07) is 6.00. The second-order valence-corrected chi connectivity index (χ2v) is 5.47. The number of aryl methyl sites for hydroxylation is 1. The molecule has 0 spiro atoms. The Hall–Kier alpha value is -1.84. The SMILES string of the molecule is Cc1cc(CNc2ccc(C(C)(C)C)cn2)on1. The molecular formula is C14H19N3O. The van der Waals surface area contributed by atoms with Gasteiger partial charge in [0.2, 0.25) is 0 Å². The third kappa shape index (κ3) is 3.09. The van der Waals surface area contributed by atoms with E-state index in [4.69, 9.17) is 4.52 Å². The first kappa shape index (κ1) is 12.6. The number of pyridine rings is 1. The standard InChI is InChI=1S/C14H19N3O/c1-10-7-12(18-17-10)9-16-13-6-5-11(8-15-13)14(2,3)4/h5-8H,9H2,1-4H3,(H,15,16). The van der Waals surface area contributed by atoms with Gasteiger partial charge in [0.1, 0.15) is 5.82 Å². The Morgan fingerprint density at radius 2 is 2.06 bits per heavy atom.